The molecule has 2 saturated heterocycles. The molecule has 1 atom stereocenters. The molecule has 19 heavy (non-hydrogen) atoms. The standard InChI is InChI=1S/C14H27N3O2/c1-17-9-5-12(11-17)14(18)16-6-2-10-19-13-3-7-15-8-4-13/h12-13,15H,2-11H2,1H3,(H,16,18). The van der Waals surface area contributed by atoms with E-state index in [0.29, 0.717) is 6.10 Å². The Morgan fingerprint density at radius 1 is 1.37 bits per heavy atom. The molecule has 2 rings (SSSR count). The van der Waals surface area contributed by atoms with Crippen LogP contribution in [-0.2, 0) is 9.53 Å². The summed E-state index contributed by atoms with van der Waals surface area (Å²) < 4.78 is 5.81. The number of nitrogens with one attached hydrogen (secondary N) is 2. The van der Waals surface area contributed by atoms with E-state index in [2.05, 4.69) is 22.6 Å². The first-order valence-corrected chi connectivity index (χ1v) is 7.54. The Kier molecular flexibility index (Phi) is 6.07. The molecule has 110 valence electrons. The Morgan fingerprint density at radius 2 is 2.16 bits per heavy atom. The average molecular weight is 269 g/mol. The molecule has 2 aliphatic rings. The van der Waals surface area contributed by atoms with Gasteiger partial charge in [-0.3, -0.25) is 4.79 Å². The minimum absolute atomic E-state index is 0.190. The topological polar surface area (TPSA) is 53.6 Å². The van der Waals surface area contributed by atoms with Crippen LogP contribution in [0.4, 0.5) is 0 Å². The summed E-state index contributed by atoms with van der Waals surface area (Å²) in [5.41, 5.74) is 0. The van der Waals surface area contributed by atoms with Crippen molar-refractivity contribution in [3.63, 3.8) is 0 Å². The van der Waals surface area contributed by atoms with Crippen molar-refractivity contribution < 1.29 is 9.53 Å². The first-order chi connectivity index (χ1) is 9.25. The zero-order valence-corrected chi connectivity index (χ0v) is 12.0. The molecule has 2 heterocycles. The maximum absolute atomic E-state index is 11.9. The molecule has 5 nitrogen and oxygen atoms in total. The van der Waals surface area contributed by atoms with Crippen LogP contribution >= 0.6 is 0 Å². The van der Waals surface area contributed by atoms with Crippen molar-refractivity contribution in [1.82, 2.24) is 15.5 Å². The summed E-state index contributed by atoms with van der Waals surface area (Å²) in [6.45, 7) is 5.57. The lowest BCUT2D eigenvalue weighted by molar-refractivity contribution is -0.124. The second-order valence-electron chi connectivity index (χ2n) is 5.71. The fourth-order valence-electron chi connectivity index (χ4n) is 2.79. The van der Waals surface area contributed by atoms with Crippen molar-refractivity contribution in [2.45, 2.75) is 31.8 Å². The molecule has 0 spiro atoms. The van der Waals surface area contributed by atoms with Gasteiger partial charge in [0.15, 0.2) is 0 Å². The third-order valence-electron chi connectivity index (χ3n) is 4.02. The Labute approximate surface area is 116 Å². The number of piperidine rings is 1. The van der Waals surface area contributed by atoms with Gasteiger partial charge in [-0.25, -0.2) is 0 Å². The third kappa shape index (κ3) is 5.09. The number of hydrogen-bond donors (Lipinski definition) is 2. The van der Waals surface area contributed by atoms with Gasteiger partial charge < -0.3 is 20.3 Å². The van der Waals surface area contributed by atoms with E-state index < -0.39 is 0 Å². The Morgan fingerprint density at radius 3 is 2.84 bits per heavy atom. The van der Waals surface area contributed by atoms with Crippen LogP contribution < -0.4 is 10.6 Å². The van der Waals surface area contributed by atoms with Gasteiger partial charge in [-0.05, 0) is 52.4 Å². The van der Waals surface area contributed by atoms with Crippen molar-refractivity contribution in [2.75, 3.05) is 46.4 Å². The highest BCUT2D eigenvalue weighted by molar-refractivity contribution is 5.79. The van der Waals surface area contributed by atoms with E-state index in [4.69, 9.17) is 4.74 Å². The molecule has 0 aromatic rings. The van der Waals surface area contributed by atoms with Crippen LogP contribution in [0.2, 0.25) is 0 Å². The predicted molar refractivity (Wildman–Crippen MR) is 75.1 cm³/mol. The Balaban J connectivity index is 1.48. The number of hydrogen-bond acceptors (Lipinski definition) is 4. The first-order valence-electron chi connectivity index (χ1n) is 7.54. The van der Waals surface area contributed by atoms with Crippen LogP contribution in [0.25, 0.3) is 0 Å². The summed E-state index contributed by atoms with van der Waals surface area (Å²) in [7, 11) is 2.07. The summed E-state index contributed by atoms with van der Waals surface area (Å²) in [5, 5.41) is 6.35. The minimum Gasteiger partial charge on any atom is -0.378 e. The van der Waals surface area contributed by atoms with E-state index in [1.807, 2.05) is 0 Å². The lowest BCUT2D eigenvalue weighted by Gasteiger charge is -2.23. The minimum atomic E-state index is 0.190. The van der Waals surface area contributed by atoms with Gasteiger partial charge in [0.2, 0.25) is 5.91 Å². The van der Waals surface area contributed by atoms with E-state index in [1.54, 1.807) is 0 Å². The molecule has 0 aromatic heterocycles. The molecule has 5 heteroatoms. The second-order valence-corrected chi connectivity index (χ2v) is 5.71. The fraction of sp³-hybridized carbons (Fsp3) is 0.929. The third-order valence-corrected chi connectivity index (χ3v) is 4.02. The van der Waals surface area contributed by atoms with E-state index in [0.717, 1.165) is 65.0 Å². The summed E-state index contributed by atoms with van der Waals surface area (Å²) in [6.07, 6.45) is 4.55. The quantitative estimate of drug-likeness (QED) is 0.677. The van der Waals surface area contributed by atoms with Crippen LogP contribution in [0, 0.1) is 5.92 Å². The molecule has 0 bridgehead atoms. The van der Waals surface area contributed by atoms with Crippen LogP contribution in [0.15, 0.2) is 0 Å². The number of nitrogens with zero attached hydrogens (tertiary/aromatic N) is 1. The van der Waals surface area contributed by atoms with Gasteiger partial charge in [-0.2, -0.15) is 0 Å². The highest BCUT2D eigenvalue weighted by Crippen LogP contribution is 2.14. The van der Waals surface area contributed by atoms with Gasteiger partial charge in [-0.1, -0.05) is 0 Å². The van der Waals surface area contributed by atoms with Crippen molar-refractivity contribution in [3.8, 4) is 0 Å². The van der Waals surface area contributed by atoms with Gasteiger partial charge in [0.25, 0.3) is 0 Å². The van der Waals surface area contributed by atoms with E-state index >= 15 is 0 Å². The van der Waals surface area contributed by atoms with Gasteiger partial charge >= 0.3 is 0 Å². The SMILES string of the molecule is CN1CCC(C(=O)NCCCOC2CCNCC2)C1. The number of ether oxygens (including phenoxy) is 1. The fourth-order valence-corrected chi connectivity index (χ4v) is 2.79. The molecular weight excluding hydrogens is 242 g/mol. The normalized spacial score (nSPS) is 25.6. The Hall–Kier alpha value is -0.650. The van der Waals surface area contributed by atoms with Crippen molar-refractivity contribution in [2.24, 2.45) is 5.92 Å². The maximum atomic E-state index is 11.9. The molecule has 0 radical (unpaired) electrons. The van der Waals surface area contributed by atoms with Crippen molar-refractivity contribution in [3.05, 3.63) is 0 Å². The summed E-state index contributed by atoms with van der Waals surface area (Å²) in [6, 6.07) is 0. The van der Waals surface area contributed by atoms with Crippen LogP contribution in [-0.4, -0.2) is 63.3 Å². The van der Waals surface area contributed by atoms with Gasteiger partial charge in [0.05, 0.1) is 12.0 Å². The molecule has 0 saturated carbocycles. The van der Waals surface area contributed by atoms with Crippen LogP contribution in [0.1, 0.15) is 25.7 Å². The monoisotopic (exact) mass is 269 g/mol. The number of rotatable bonds is 6. The lowest BCUT2D eigenvalue weighted by atomic mass is 10.1. The molecule has 0 aliphatic carbocycles. The number of carbonyl (C=O) groups excluding carboxylic acids is 1. The second kappa shape index (κ2) is 7.82. The largest absolute Gasteiger partial charge is 0.378 e. The molecule has 0 aromatic carbocycles. The summed E-state index contributed by atoms with van der Waals surface area (Å²) in [5.74, 6) is 0.404. The smallest absolute Gasteiger partial charge is 0.224 e. The average Bonchev–Trinajstić information content (AvgIpc) is 2.86. The molecule has 2 fully saturated rings. The van der Waals surface area contributed by atoms with Crippen LogP contribution in [0.5, 0.6) is 0 Å². The number of carbonyl (C=O) groups is 1. The maximum Gasteiger partial charge on any atom is 0.224 e. The highest BCUT2D eigenvalue weighted by Gasteiger charge is 2.25. The van der Waals surface area contributed by atoms with Crippen LogP contribution in [0.3, 0.4) is 0 Å². The highest BCUT2D eigenvalue weighted by atomic mass is 16.5. The van der Waals surface area contributed by atoms with E-state index in [-0.39, 0.29) is 11.8 Å². The van der Waals surface area contributed by atoms with E-state index in [1.165, 1.54) is 0 Å². The van der Waals surface area contributed by atoms with Gasteiger partial charge in [0.1, 0.15) is 0 Å². The Bertz CT molecular complexity index is 280. The van der Waals surface area contributed by atoms with E-state index in [9.17, 15) is 4.79 Å². The molecule has 2 N–H and O–H groups in total. The van der Waals surface area contributed by atoms with Crippen molar-refractivity contribution >= 4 is 5.91 Å². The predicted octanol–water partition coefficient (Wildman–Crippen LogP) is 0.213. The number of amides is 1. The summed E-state index contributed by atoms with van der Waals surface area (Å²) >= 11 is 0. The molecule has 2 aliphatic heterocycles. The zero-order chi connectivity index (χ0) is 13.5. The van der Waals surface area contributed by atoms with Gasteiger partial charge in [-0.15, -0.1) is 0 Å². The lowest BCUT2D eigenvalue weighted by Crippen LogP contribution is -2.34. The van der Waals surface area contributed by atoms with Gasteiger partial charge in [0, 0.05) is 19.7 Å². The molecular formula is C14H27N3O2. The zero-order valence-electron chi connectivity index (χ0n) is 12.0. The first kappa shape index (κ1) is 14.8. The molecule has 1 amide bonds. The molecule has 1 unspecified atom stereocenters. The van der Waals surface area contributed by atoms with Crippen molar-refractivity contribution in [1.29, 1.82) is 0 Å². The summed E-state index contributed by atoms with van der Waals surface area (Å²) in [4.78, 5) is 14.1. The number of likely N-dealkylation sites (tertiary alicyclic amines) is 1.